The molecule has 2 heterocycles. The molecular weight excluding hydrogens is 508 g/mol. The SMILES string of the molecule is COc1cc([C@@H]2CC(=O)N(c3sc4c(c3C#N)CCCC4)C3=C2C(=O)CCC3)ccc1OCc1ccccc1. The van der Waals surface area contributed by atoms with Crippen molar-refractivity contribution in [1.29, 1.82) is 5.26 Å². The van der Waals surface area contributed by atoms with E-state index in [2.05, 4.69) is 6.07 Å². The lowest BCUT2D eigenvalue weighted by Gasteiger charge is -2.38. The number of ketones is 1. The van der Waals surface area contributed by atoms with E-state index in [1.807, 2.05) is 48.5 Å². The number of fused-ring (bicyclic) bond motifs is 1. The molecule has 7 heteroatoms. The van der Waals surface area contributed by atoms with Gasteiger partial charge in [0, 0.05) is 34.9 Å². The van der Waals surface area contributed by atoms with Gasteiger partial charge in [-0.2, -0.15) is 5.26 Å². The van der Waals surface area contributed by atoms with Crippen LogP contribution in [0.25, 0.3) is 0 Å². The van der Waals surface area contributed by atoms with E-state index < -0.39 is 0 Å². The van der Waals surface area contributed by atoms with E-state index in [0.29, 0.717) is 53.5 Å². The number of thiophene rings is 1. The van der Waals surface area contributed by atoms with Crippen LogP contribution in [0.1, 0.15) is 71.6 Å². The number of hydrogen-bond acceptors (Lipinski definition) is 6. The van der Waals surface area contributed by atoms with Gasteiger partial charge in [0.25, 0.3) is 0 Å². The van der Waals surface area contributed by atoms with Crippen molar-refractivity contribution in [2.24, 2.45) is 0 Å². The van der Waals surface area contributed by atoms with Crippen molar-refractivity contribution >= 4 is 28.0 Å². The topological polar surface area (TPSA) is 79.6 Å². The first-order valence-corrected chi connectivity index (χ1v) is 14.4. The number of carbonyl (C=O) groups excluding carboxylic acids is 2. The van der Waals surface area contributed by atoms with Crippen LogP contribution >= 0.6 is 11.3 Å². The molecule has 0 radical (unpaired) electrons. The van der Waals surface area contributed by atoms with Gasteiger partial charge in [0.2, 0.25) is 5.91 Å². The van der Waals surface area contributed by atoms with Crippen LogP contribution in [0, 0.1) is 11.3 Å². The Morgan fingerprint density at radius 2 is 1.82 bits per heavy atom. The third kappa shape index (κ3) is 4.63. The second kappa shape index (κ2) is 10.7. The number of nitrogens with zero attached hydrogens (tertiary/aromatic N) is 2. The van der Waals surface area contributed by atoms with Crippen LogP contribution in [0.5, 0.6) is 11.5 Å². The normalized spacial score (nSPS) is 18.9. The van der Waals surface area contributed by atoms with Crippen molar-refractivity contribution in [3.05, 3.63) is 86.9 Å². The molecule has 6 nitrogen and oxygen atoms in total. The summed E-state index contributed by atoms with van der Waals surface area (Å²) in [6.07, 6.45) is 5.98. The Balaban J connectivity index is 1.37. The summed E-state index contributed by atoms with van der Waals surface area (Å²) >= 11 is 1.56. The number of rotatable bonds is 6. The van der Waals surface area contributed by atoms with Gasteiger partial charge in [-0.3, -0.25) is 14.5 Å². The van der Waals surface area contributed by atoms with Gasteiger partial charge in [0.05, 0.1) is 12.7 Å². The standard InChI is InChI=1S/C32H30N2O4S/c1-37-28-16-21(14-15-27(28)38-19-20-8-3-2-4-9-20)23-17-30(36)34(25-11-7-12-26(35)31(23)25)32-24(18-33)22-10-5-6-13-29(22)39-32/h2-4,8-9,14-16,23H,5-7,10-13,17,19H2,1H3/t23-/m0/s1. The summed E-state index contributed by atoms with van der Waals surface area (Å²) in [4.78, 5) is 30.2. The molecule has 1 atom stereocenters. The molecule has 0 N–H and O–H groups in total. The molecule has 0 saturated heterocycles. The highest BCUT2D eigenvalue weighted by atomic mass is 32.1. The zero-order valence-corrected chi connectivity index (χ0v) is 22.8. The van der Waals surface area contributed by atoms with Gasteiger partial charge < -0.3 is 9.47 Å². The number of aryl methyl sites for hydroxylation is 1. The van der Waals surface area contributed by atoms with E-state index in [0.717, 1.165) is 48.1 Å². The summed E-state index contributed by atoms with van der Waals surface area (Å²) < 4.78 is 11.7. The number of nitriles is 1. The molecule has 0 bridgehead atoms. The number of amides is 1. The number of Topliss-reactive ketones (excluding diaryl/α,β-unsaturated/α-hetero) is 1. The van der Waals surface area contributed by atoms with Gasteiger partial charge in [-0.25, -0.2) is 0 Å². The molecule has 0 saturated carbocycles. The van der Waals surface area contributed by atoms with Gasteiger partial charge >= 0.3 is 0 Å². The lowest BCUT2D eigenvalue weighted by molar-refractivity contribution is -0.119. The maximum absolute atomic E-state index is 13.8. The Bertz CT molecular complexity index is 1510. The molecule has 2 aliphatic carbocycles. The minimum atomic E-state index is -0.353. The number of methoxy groups -OCH3 is 1. The number of ether oxygens (including phenoxy) is 2. The van der Waals surface area contributed by atoms with Gasteiger partial charge in [-0.05, 0) is 67.3 Å². The third-order valence-corrected chi connectivity index (χ3v) is 9.25. The van der Waals surface area contributed by atoms with Crippen molar-refractivity contribution in [3.8, 4) is 17.6 Å². The molecule has 0 fully saturated rings. The monoisotopic (exact) mass is 538 g/mol. The van der Waals surface area contributed by atoms with Crippen LogP contribution < -0.4 is 14.4 Å². The first kappa shape index (κ1) is 25.4. The van der Waals surface area contributed by atoms with Crippen LogP contribution in [-0.2, 0) is 29.0 Å². The van der Waals surface area contributed by atoms with Crippen LogP contribution in [0.15, 0.2) is 59.8 Å². The molecule has 3 aromatic rings. The highest BCUT2D eigenvalue weighted by Gasteiger charge is 2.42. The summed E-state index contributed by atoms with van der Waals surface area (Å²) in [6, 6.07) is 18.0. The Kier molecular flexibility index (Phi) is 6.97. The molecule has 3 aliphatic rings. The first-order chi connectivity index (χ1) is 19.1. The van der Waals surface area contributed by atoms with Crippen LogP contribution in [0.2, 0.25) is 0 Å². The number of hydrogen-bond donors (Lipinski definition) is 0. The zero-order chi connectivity index (χ0) is 26.9. The van der Waals surface area contributed by atoms with E-state index >= 15 is 0 Å². The summed E-state index contributed by atoms with van der Waals surface area (Å²) in [5, 5.41) is 10.8. The fourth-order valence-electron chi connectivity index (χ4n) is 6.09. The lowest BCUT2D eigenvalue weighted by Crippen LogP contribution is -2.40. The second-order valence-corrected chi connectivity index (χ2v) is 11.4. The smallest absolute Gasteiger partial charge is 0.232 e. The molecule has 198 valence electrons. The number of benzene rings is 2. The van der Waals surface area contributed by atoms with Gasteiger partial charge in [0.1, 0.15) is 17.7 Å². The van der Waals surface area contributed by atoms with Gasteiger partial charge in [0.15, 0.2) is 17.3 Å². The van der Waals surface area contributed by atoms with E-state index in [1.165, 1.54) is 4.88 Å². The quantitative estimate of drug-likeness (QED) is 0.353. The predicted molar refractivity (Wildman–Crippen MR) is 150 cm³/mol. The Hall–Kier alpha value is -3.89. The molecule has 39 heavy (non-hydrogen) atoms. The van der Waals surface area contributed by atoms with E-state index in [-0.39, 0.29) is 24.0 Å². The minimum Gasteiger partial charge on any atom is -0.493 e. The third-order valence-electron chi connectivity index (χ3n) is 7.97. The van der Waals surface area contributed by atoms with Gasteiger partial charge in [-0.1, -0.05) is 36.4 Å². The van der Waals surface area contributed by atoms with Crippen molar-refractivity contribution in [3.63, 3.8) is 0 Å². The van der Waals surface area contributed by atoms with E-state index in [4.69, 9.17) is 9.47 Å². The first-order valence-electron chi connectivity index (χ1n) is 13.6. The summed E-state index contributed by atoms with van der Waals surface area (Å²) in [7, 11) is 1.60. The Labute approximate surface area is 232 Å². The second-order valence-electron chi connectivity index (χ2n) is 10.3. The number of carbonyl (C=O) groups is 2. The van der Waals surface area contributed by atoms with E-state index in [9.17, 15) is 14.9 Å². The fraction of sp³-hybridized carbons (Fsp3) is 0.344. The highest BCUT2D eigenvalue weighted by Crippen LogP contribution is 2.48. The molecule has 2 aromatic carbocycles. The molecule has 1 amide bonds. The molecule has 1 aromatic heterocycles. The molecular formula is C32H30N2O4S. The molecule has 0 spiro atoms. The Morgan fingerprint density at radius 1 is 1.00 bits per heavy atom. The predicted octanol–water partition coefficient (Wildman–Crippen LogP) is 6.61. The molecule has 6 rings (SSSR count). The summed E-state index contributed by atoms with van der Waals surface area (Å²) in [6.45, 7) is 0.410. The maximum Gasteiger partial charge on any atom is 0.232 e. The zero-order valence-electron chi connectivity index (χ0n) is 22.0. The average molecular weight is 539 g/mol. The molecule has 1 aliphatic heterocycles. The lowest BCUT2D eigenvalue weighted by atomic mass is 9.77. The van der Waals surface area contributed by atoms with Crippen LogP contribution in [0.4, 0.5) is 5.00 Å². The van der Waals surface area contributed by atoms with Crippen LogP contribution in [0.3, 0.4) is 0 Å². The fourth-order valence-corrected chi connectivity index (χ4v) is 7.47. The summed E-state index contributed by atoms with van der Waals surface area (Å²) in [5.74, 6) is 0.852. The number of anilines is 1. The largest absolute Gasteiger partial charge is 0.493 e. The summed E-state index contributed by atoms with van der Waals surface area (Å²) in [5.41, 5.74) is 5.10. The molecule has 0 unspecified atom stereocenters. The van der Waals surface area contributed by atoms with Crippen molar-refractivity contribution in [2.75, 3.05) is 12.0 Å². The number of allylic oxidation sites excluding steroid dienone is 2. The average Bonchev–Trinajstić information content (AvgIpc) is 3.34. The van der Waals surface area contributed by atoms with Crippen molar-refractivity contribution in [2.45, 2.75) is 63.9 Å². The van der Waals surface area contributed by atoms with Crippen molar-refractivity contribution < 1.29 is 19.1 Å². The van der Waals surface area contributed by atoms with E-state index in [1.54, 1.807) is 23.3 Å². The van der Waals surface area contributed by atoms with Crippen LogP contribution in [-0.4, -0.2) is 18.8 Å². The van der Waals surface area contributed by atoms with Gasteiger partial charge in [-0.15, -0.1) is 11.3 Å². The Morgan fingerprint density at radius 3 is 2.62 bits per heavy atom. The van der Waals surface area contributed by atoms with Crippen molar-refractivity contribution in [1.82, 2.24) is 0 Å². The minimum absolute atomic E-state index is 0.0630. The maximum atomic E-state index is 13.8. The highest BCUT2D eigenvalue weighted by molar-refractivity contribution is 7.16.